The highest BCUT2D eigenvalue weighted by atomic mass is 16.1. The first kappa shape index (κ1) is 13.5. The lowest BCUT2D eigenvalue weighted by Gasteiger charge is -2.14. The fraction of sp³-hybridized carbons (Fsp3) is 0.278. The van der Waals surface area contributed by atoms with Gasteiger partial charge in [-0.2, -0.15) is 0 Å². The fourth-order valence-electron chi connectivity index (χ4n) is 2.48. The van der Waals surface area contributed by atoms with Crippen LogP contribution in [0.1, 0.15) is 36.0 Å². The number of benzene rings is 2. The van der Waals surface area contributed by atoms with Crippen molar-refractivity contribution in [2.24, 2.45) is 0 Å². The van der Waals surface area contributed by atoms with Crippen LogP contribution in [-0.4, -0.2) is 5.78 Å². The summed E-state index contributed by atoms with van der Waals surface area (Å²) in [5.41, 5.74) is 3.44. The average Bonchev–Trinajstić information content (AvgIpc) is 2.41. The Labute approximate surface area is 115 Å². The van der Waals surface area contributed by atoms with Gasteiger partial charge >= 0.3 is 0 Å². The first-order chi connectivity index (χ1) is 9.20. The van der Waals surface area contributed by atoms with E-state index in [4.69, 9.17) is 0 Å². The van der Waals surface area contributed by atoms with Gasteiger partial charge < -0.3 is 0 Å². The molecule has 0 bridgehead atoms. The van der Waals surface area contributed by atoms with Crippen LogP contribution in [0.5, 0.6) is 0 Å². The highest BCUT2D eigenvalue weighted by Crippen LogP contribution is 2.22. The van der Waals surface area contributed by atoms with Gasteiger partial charge in [0.15, 0.2) is 0 Å². The zero-order valence-corrected chi connectivity index (χ0v) is 11.6. The third kappa shape index (κ3) is 3.54. The molecule has 1 nitrogen and oxygen atoms in total. The van der Waals surface area contributed by atoms with E-state index >= 15 is 0 Å². The van der Waals surface area contributed by atoms with Crippen molar-refractivity contribution in [3.63, 3.8) is 0 Å². The van der Waals surface area contributed by atoms with E-state index in [1.165, 1.54) is 5.56 Å². The Hall–Kier alpha value is -1.89. The molecule has 0 radical (unpaired) electrons. The van der Waals surface area contributed by atoms with Gasteiger partial charge in [0.2, 0.25) is 0 Å². The number of aryl methyl sites for hydroxylation is 1. The van der Waals surface area contributed by atoms with Gasteiger partial charge in [0.25, 0.3) is 0 Å². The van der Waals surface area contributed by atoms with E-state index in [2.05, 4.69) is 26.0 Å². The summed E-state index contributed by atoms with van der Waals surface area (Å²) in [7, 11) is 0. The van der Waals surface area contributed by atoms with Gasteiger partial charge in [-0.1, -0.05) is 67.1 Å². The average molecular weight is 252 g/mol. The number of hydrogen-bond donors (Lipinski definition) is 0. The molecule has 0 saturated heterocycles. The molecular weight excluding hydrogens is 232 g/mol. The minimum absolute atomic E-state index is 0.0155. The standard InChI is InChI=1S/C18H20O/c1-3-17(16-10-5-4-6-11-16)18(19)13-15-9-7-8-14(2)12-15/h4-12,17H,3,13H2,1-2H3. The summed E-state index contributed by atoms with van der Waals surface area (Å²) in [5.74, 6) is 0.320. The predicted molar refractivity (Wildman–Crippen MR) is 79.4 cm³/mol. The molecule has 2 aromatic rings. The maximum absolute atomic E-state index is 12.5. The summed E-state index contributed by atoms with van der Waals surface area (Å²) in [6.07, 6.45) is 1.38. The smallest absolute Gasteiger partial charge is 0.144 e. The molecule has 1 heteroatoms. The highest BCUT2D eigenvalue weighted by Gasteiger charge is 2.18. The summed E-state index contributed by atoms with van der Waals surface area (Å²) < 4.78 is 0. The van der Waals surface area contributed by atoms with Gasteiger partial charge in [-0.15, -0.1) is 0 Å². The molecule has 2 rings (SSSR count). The van der Waals surface area contributed by atoms with Crippen LogP contribution in [-0.2, 0) is 11.2 Å². The molecule has 0 fully saturated rings. The number of ketones is 1. The molecule has 98 valence electrons. The predicted octanol–water partition coefficient (Wildman–Crippen LogP) is 4.30. The van der Waals surface area contributed by atoms with Gasteiger partial charge in [0, 0.05) is 12.3 Å². The Bertz CT molecular complexity index is 543. The van der Waals surface area contributed by atoms with E-state index < -0.39 is 0 Å². The summed E-state index contributed by atoms with van der Waals surface area (Å²) >= 11 is 0. The van der Waals surface area contributed by atoms with Crippen molar-refractivity contribution in [2.75, 3.05) is 0 Å². The van der Waals surface area contributed by atoms with Gasteiger partial charge in [-0.25, -0.2) is 0 Å². The Morgan fingerprint density at radius 2 is 1.79 bits per heavy atom. The Morgan fingerprint density at radius 3 is 2.42 bits per heavy atom. The molecule has 19 heavy (non-hydrogen) atoms. The van der Waals surface area contributed by atoms with E-state index in [1.807, 2.05) is 42.5 Å². The fourth-order valence-corrected chi connectivity index (χ4v) is 2.48. The Balaban J connectivity index is 2.14. The zero-order chi connectivity index (χ0) is 13.7. The molecule has 0 aliphatic rings. The SMILES string of the molecule is CCC(C(=O)Cc1cccc(C)c1)c1ccccc1. The molecule has 1 atom stereocenters. The van der Waals surface area contributed by atoms with Gasteiger partial charge in [-0.3, -0.25) is 4.79 Å². The number of rotatable bonds is 5. The van der Waals surface area contributed by atoms with Crippen LogP contribution in [0, 0.1) is 6.92 Å². The molecule has 2 aromatic carbocycles. The van der Waals surface area contributed by atoms with Crippen molar-refractivity contribution in [2.45, 2.75) is 32.6 Å². The molecule has 0 aromatic heterocycles. The topological polar surface area (TPSA) is 17.1 Å². The largest absolute Gasteiger partial charge is 0.299 e. The van der Waals surface area contributed by atoms with Crippen LogP contribution in [0.4, 0.5) is 0 Å². The van der Waals surface area contributed by atoms with Crippen molar-refractivity contribution in [3.8, 4) is 0 Å². The van der Waals surface area contributed by atoms with Crippen LogP contribution in [0.25, 0.3) is 0 Å². The lowest BCUT2D eigenvalue weighted by Crippen LogP contribution is -2.14. The highest BCUT2D eigenvalue weighted by molar-refractivity contribution is 5.87. The molecular formula is C18H20O. The van der Waals surface area contributed by atoms with E-state index in [0.29, 0.717) is 12.2 Å². The molecule has 0 heterocycles. The van der Waals surface area contributed by atoms with Crippen molar-refractivity contribution in [1.82, 2.24) is 0 Å². The number of carbonyl (C=O) groups is 1. The minimum atomic E-state index is 0.0155. The summed E-state index contributed by atoms with van der Waals surface area (Å²) in [4.78, 5) is 12.5. The molecule has 0 spiro atoms. The second-order valence-corrected chi connectivity index (χ2v) is 5.00. The molecule has 0 amide bonds. The normalized spacial score (nSPS) is 12.1. The maximum atomic E-state index is 12.5. The molecule has 0 aliphatic heterocycles. The lowest BCUT2D eigenvalue weighted by atomic mass is 9.89. The second kappa shape index (κ2) is 6.33. The van der Waals surface area contributed by atoms with Gasteiger partial charge in [0.1, 0.15) is 5.78 Å². The van der Waals surface area contributed by atoms with Crippen molar-refractivity contribution in [3.05, 3.63) is 71.3 Å². The monoisotopic (exact) mass is 252 g/mol. The summed E-state index contributed by atoms with van der Waals surface area (Å²) in [6.45, 7) is 4.13. The van der Waals surface area contributed by atoms with Crippen LogP contribution < -0.4 is 0 Å². The third-order valence-corrected chi connectivity index (χ3v) is 3.46. The zero-order valence-electron chi connectivity index (χ0n) is 11.6. The van der Waals surface area contributed by atoms with Crippen LogP contribution in [0.15, 0.2) is 54.6 Å². The summed E-state index contributed by atoms with van der Waals surface area (Å²) in [5, 5.41) is 0. The van der Waals surface area contributed by atoms with Gasteiger partial charge in [-0.05, 0) is 24.5 Å². The first-order valence-electron chi connectivity index (χ1n) is 6.84. The Kier molecular flexibility index (Phi) is 4.51. The van der Waals surface area contributed by atoms with Crippen LogP contribution in [0.3, 0.4) is 0 Å². The minimum Gasteiger partial charge on any atom is -0.299 e. The van der Waals surface area contributed by atoms with Crippen LogP contribution >= 0.6 is 0 Å². The third-order valence-electron chi connectivity index (χ3n) is 3.46. The van der Waals surface area contributed by atoms with E-state index in [-0.39, 0.29) is 5.92 Å². The van der Waals surface area contributed by atoms with Gasteiger partial charge in [0.05, 0.1) is 0 Å². The number of hydrogen-bond acceptors (Lipinski definition) is 1. The first-order valence-corrected chi connectivity index (χ1v) is 6.84. The molecule has 1 unspecified atom stereocenters. The molecule has 0 saturated carbocycles. The number of carbonyl (C=O) groups excluding carboxylic acids is 1. The van der Waals surface area contributed by atoms with E-state index in [9.17, 15) is 4.79 Å². The van der Waals surface area contributed by atoms with E-state index in [0.717, 1.165) is 17.5 Å². The molecule has 0 aliphatic carbocycles. The Morgan fingerprint density at radius 1 is 1.05 bits per heavy atom. The van der Waals surface area contributed by atoms with Crippen molar-refractivity contribution in [1.29, 1.82) is 0 Å². The molecule has 0 N–H and O–H groups in total. The van der Waals surface area contributed by atoms with Crippen LogP contribution in [0.2, 0.25) is 0 Å². The maximum Gasteiger partial charge on any atom is 0.144 e. The lowest BCUT2D eigenvalue weighted by molar-refractivity contribution is -0.119. The van der Waals surface area contributed by atoms with Crippen molar-refractivity contribution >= 4 is 5.78 Å². The van der Waals surface area contributed by atoms with E-state index in [1.54, 1.807) is 0 Å². The quantitative estimate of drug-likeness (QED) is 0.775. The number of Topliss-reactive ketones (excluding diaryl/α,β-unsaturated/α-hetero) is 1. The summed E-state index contributed by atoms with van der Waals surface area (Å²) in [6, 6.07) is 18.3. The second-order valence-electron chi connectivity index (χ2n) is 5.00. The van der Waals surface area contributed by atoms with Crippen molar-refractivity contribution < 1.29 is 4.79 Å².